The minimum absolute atomic E-state index is 0.227. The summed E-state index contributed by atoms with van der Waals surface area (Å²) in [4.78, 5) is 11.2. The molecule has 0 aromatic heterocycles. The Hall–Kier alpha value is -2.35. The fourth-order valence-corrected chi connectivity index (χ4v) is 2.65. The van der Waals surface area contributed by atoms with Crippen molar-refractivity contribution in [3.63, 3.8) is 0 Å². The Morgan fingerprint density at radius 3 is 1.83 bits per heavy atom. The molecule has 0 aliphatic heterocycles. The Balaban J connectivity index is 2.27. The van der Waals surface area contributed by atoms with Gasteiger partial charge in [-0.1, -0.05) is 55.1 Å². The van der Waals surface area contributed by atoms with E-state index in [0.29, 0.717) is 0 Å². The van der Waals surface area contributed by atoms with Gasteiger partial charge in [0, 0.05) is 11.5 Å². The normalized spacial score (nSPS) is 12.9. The summed E-state index contributed by atoms with van der Waals surface area (Å²) in [5.41, 5.74) is 4.52. The van der Waals surface area contributed by atoms with Crippen LogP contribution in [-0.2, 0) is 4.79 Å². The Kier molecular flexibility index (Phi) is 2.30. The predicted octanol–water partition coefficient (Wildman–Crippen LogP) is 3.44. The first-order chi connectivity index (χ1) is 8.70. The van der Waals surface area contributed by atoms with E-state index in [1.54, 1.807) is 0 Å². The summed E-state index contributed by atoms with van der Waals surface area (Å²) in [6, 6.07) is 15.8. The van der Waals surface area contributed by atoms with Crippen molar-refractivity contribution in [2.75, 3.05) is 0 Å². The Bertz CT molecular complexity index is 610. The second-order valence-corrected chi connectivity index (χ2v) is 4.44. The first-order valence-electron chi connectivity index (χ1n) is 5.80. The van der Waals surface area contributed by atoms with Crippen LogP contribution in [0.2, 0.25) is 0 Å². The van der Waals surface area contributed by atoms with Gasteiger partial charge in [0.15, 0.2) is 0 Å². The molecule has 18 heavy (non-hydrogen) atoms. The third kappa shape index (κ3) is 1.39. The van der Waals surface area contributed by atoms with E-state index in [4.69, 9.17) is 0 Å². The number of rotatable bonds is 2. The topological polar surface area (TPSA) is 37.3 Å². The van der Waals surface area contributed by atoms with Gasteiger partial charge < -0.3 is 5.11 Å². The summed E-state index contributed by atoms with van der Waals surface area (Å²) < 4.78 is 0. The Morgan fingerprint density at radius 1 is 0.944 bits per heavy atom. The monoisotopic (exact) mass is 236 g/mol. The van der Waals surface area contributed by atoms with Crippen molar-refractivity contribution in [2.24, 2.45) is 0 Å². The molecular formula is C16H12O2. The van der Waals surface area contributed by atoms with Crippen molar-refractivity contribution in [3.8, 4) is 11.1 Å². The highest BCUT2D eigenvalue weighted by atomic mass is 16.4. The first kappa shape index (κ1) is 10.8. The molecule has 1 aliphatic carbocycles. The fourth-order valence-electron chi connectivity index (χ4n) is 2.65. The summed E-state index contributed by atoms with van der Waals surface area (Å²) in [7, 11) is 0. The Labute approximate surface area is 105 Å². The van der Waals surface area contributed by atoms with E-state index in [1.807, 2.05) is 48.5 Å². The van der Waals surface area contributed by atoms with Crippen molar-refractivity contribution in [3.05, 3.63) is 71.8 Å². The smallest absolute Gasteiger partial charge is 0.331 e. The van der Waals surface area contributed by atoms with E-state index in [-0.39, 0.29) is 11.5 Å². The van der Waals surface area contributed by atoms with Crippen LogP contribution in [0, 0.1) is 0 Å². The standard InChI is InChI=1S/C16H12O2/c1-10(16(17)18)15-13-8-4-2-6-11(13)12-7-3-5-9-14(12)15/h2-9,15H,1H2,(H,17,18). The lowest BCUT2D eigenvalue weighted by atomic mass is 9.90. The maximum absolute atomic E-state index is 11.2. The molecule has 0 heterocycles. The van der Waals surface area contributed by atoms with E-state index in [2.05, 4.69) is 6.58 Å². The SMILES string of the molecule is C=C(C(=O)O)C1c2ccccc2-c2ccccc21. The number of carbonyl (C=O) groups is 1. The van der Waals surface area contributed by atoms with E-state index in [9.17, 15) is 9.90 Å². The number of hydrogen-bond acceptors (Lipinski definition) is 1. The van der Waals surface area contributed by atoms with Gasteiger partial charge in [-0.2, -0.15) is 0 Å². The molecule has 2 aromatic carbocycles. The average molecular weight is 236 g/mol. The van der Waals surface area contributed by atoms with Crippen LogP contribution in [0.25, 0.3) is 11.1 Å². The van der Waals surface area contributed by atoms with Crippen LogP contribution in [0.3, 0.4) is 0 Å². The molecule has 88 valence electrons. The molecule has 0 fully saturated rings. The summed E-state index contributed by atoms with van der Waals surface area (Å²) >= 11 is 0. The molecule has 0 bridgehead atoms. The lowest BCUT2D eigenvalue weighted by Gasteiger charge is -2.13. The third-order valence-electron chi connectivity index (χ3n) is 3.46. The predicted molar refractivity (Wildman–Crippen MR) is 70.5 cm³/mol. The summed E-state index contributed by atoms with van der Waals surface area (Å²) in [5, 5.41) is 9.19. The molecule has 0 spiro atoms. The molecule has 0 amide bonds. The van der Waals surface area contributed by atoms with E-state index >= 15 is 0 Å². The van der Waals surface area contributed by atoms with Gasteiger partial charge >= 0.3 is 5.97 Å². The first-order valence-corrected chi connectivity index (χ1v) is 5.80. The highest BCUT2D eigenvalue weighted by Crippen LogP contribution is 2.47. The molecular weight excluding hydrogens is 224 g/mol. The van der Waals surface area contributed by atoms with Crippen LogP contribution in [-0.4, -0.2) is 11.1 Å². The highest BCUT2D eigenvalue weighted by Gasteiger charge is 2.32. The number of carboxylic acids is 1. The molecule has 3 rings (SSSR count). The van der Waals surface area contributed by atoms with E-state index in [0.717, 1.165) is 22.3 Å². The van der Waals surface area contributed by atoms with Gasteiger partial charge in [0.05, 0.1) is 0 Å². The molecule has 0 unspecified atom stereocenters. The second-order valence-electron chi connectivity index (χ2n) is 4.44. The number of fused-ring (bicyclic) bond motifs is 3. The average Bonchev–Trinajstić information content (AvgIpc) is 2.72. The summed E-state index contributed by atoms with van der Waals surface area (Å²) in [6.45, 7) is 3.73. The minimum Gasteiger partial charge on any atom is -0.478 e. The van der Waals surface area contributed by atoms with Crippen molar-refractivity contribution in [1.29, 1.82) is 0 Å². The van der Waals surface area contributed by atoms with Gasteiger partial charge in [0.1, 0.15) is 0 Å². The maximum Gasteiger partial charge on any atom is 0.331 e. The third-order valence-corrected chi connectivity index (χ3v) is 3.46. The molecule has 2 nitrogen and oxygen atoms in total. The zero-order chi connectivity index (χ0) is 12.7. The Morgan fingerprint density at radius 2 is 1.39 bits per heavy atom. The van der Waals surface area contributed by atoms with Crippen LogP contribution in [0.1, 0.15) is 17.0 Å². The van der Waals surface area contributed by atoms with Gasteiger partial charge in [0.2, 0.25) is 0 Å². The number of hydrogen-bond donors (Lipinski definition) is 1. The number of aliphatic carboxylic acids is 1. The molecule has 0 atom stereocenters. The molecule has 1 aliphatic rings. The molecule has 0 radical (unpaired) electrons. The van der Waals surface area contributed by atoms with E-state index in [1.165, 1.54) is 0 Å². The van der Waals surface area contributed by atoms with Gasteiger partial charge in [-0.15, -0.1) is 0 Å². The molecule has 0 saturated carbocycles. The van der Waals surface area contributed by atoms with Crippen molar-refractivity contribution < 1.29 is 9.90 Å². The van der Waals surface area contributed by atoms with Crippen LogP contribution >= 0.6 is 0 Å². The number of carboxylic acid groups (broad SMARTS) is 1. The second kappa shape index (κ2) is 3.84. The minimum atomic E-state index is -0.938. The lowest BCUT2D eigenvalue weighted by Crippen LogP contribution is -2.09. The summed E-state index contributed by atoms with van der Waals surface area (Å²) in [6.07, 6.45) is 0. The lowest BCUT2D eigenvalue weighted by molar-refractivity contribution is -0.132. The van der Waals surface area contributed by atoms with Crippen molar-refractivity contribution in [2.45, 2.75) is 5.92 Å². The highest BCUT2D eigenvalue weighted by molar-refractivity contribution is 5.93. The zero-order valence-electron chi connectivity index (χ0n) is 9.76. The van der Waals surface area contributed by atoms with Gasteiger partial charge in [-0.3, -0.25) is 0 Å². The maximum atomic E-state index is 11.2. The van der Waals surface area contributed by atoms with Gasteiger partial charge in [-0.05, 0) is 22.3 Å². The molecule has 2 heteroatoms. The molecule has 1 N–H and O–H groups in total. The molecule has 0 saturated heterocycles. The van der Waals surface area contributed by atoms with Crippen molar-refractivity contribution >= 4 is 5.97 Å². The quantitative estimate of drug-likeness (QED) is 0.811. The van der Waals surface area contributed by atoms with Gasteiger partial charge in [-0.25, -0.2) is 4.79 Å². The largest absolute Gasteiger partial charge is 0.478 e. The fraction of sp³-hybridized carbons (Fsp3) is 0.0625. The summed E-state index contributed by atoms with van der Waals surface area (Å²) in [5.74, 6) is -1.17. The van der Waals surface area contributed by atoms with Crippen LogP contribution in [0.4, 0.5) is 0 Å². The molecule has 2 aromatic rings. The van der Waals surface area contributed by atoms with Crippen LogP contribution in [0.5, 0.6) is 0 Å². The zero-order valence-corrected chi connectivity index (χ0v) is 9.76. The van der Waals surface area contributed by atoms with Gasteiger partial charge in [0.25, 0.3) is 0 Å². The van der Waals surface area contributed by atoms with E-state index < -0.39 is 5.97 Å². The van der Waals surface area contributed by atoms with Crippen LogP contribution in [0.15, 0.2) is 60.7 Å². The van der Waals surface area contributed by atoms with Crippen molar-refractivity contribution in [1.82, 2.24) is 0 Å². The van der Waals surface area contributed by atoms with Crippen LogP contribution < -0.4 is 0 Å². The number of benzene rings is 2.